The third-order valence-electron chi connectivity index (χ3n) is 2.88. The van der Waals surface area contributed by atoms with Gasteiger partial charge in [0.2, 0.25) is 5.91 Å². The molecule has 0 radical (unpaired) electrons. The van der Waals surface area contributed by atoms with Crippen molar-refractivity contribution in [3.05, 3.63) is 47.8 Å². The average Bonchev–Trinajstić information content (AvgIpc) is 2.69. The molecule has 0 unspecified atom stereocenters. The van der Waals surface area contributed by atoms with E-state index in [9.17, 15) is 9.18 Å². The minimum absolute atomic E-state index is 0.0256. The van der Waals surface area contributed by atoms with E-state index in [4.69, 9.17) is 5.73 Å². The van der Waals surface area contributed by atoms with E-state index in [1.165, 1.54) is 23.9 Å². The molecular formula is C14H11FN2OS. The average molecular weight is 274 g/mol. The predicted octanol–water partition coefficient (Wildman–Crippen LogP) is 3.05. The molecule has 1 aliphatic heterocycles. The molecule has 5 heteroatoms. The van der Waals surface area contributed by atoms with E-state index >= 15 is 0 Å². The van der Waals surface area contributed by atoms with Gasteiger partial charge in [0.15, 0.2) is 0 Å². The van der Waals surface area contributed by atoms with Crippen LogP contribution in [0.1, 0.15) is 5.56 Å². The fraction of sp³-hybridized carbons (Fsp3) is 0.0714. The zero-order valence-electron chi connectivity index (χ0n) is 9.94. The zero-order valence-corrected chi connectivity index (χ0v) is 10.8. The molecule has 1 heterocycles. The van der Waals surface area contributed by atoms with E-state index in [0.29, 0.717) is 12.1 Å². The molecule has 0 aromatic heterocycles. The largest absolute Gasteiger partial charge is 0.398 e. The van der Waals surface area contributed by atoms with Crippen LogP contribution in [0.4, 0.5) is 15.8 Å². The summed E-state index contributed by atoms with van der Waals surface area (Å²) in [7, 11) is 0. The molecule has 2 aromatic rings. The van der Waals surface area contributed by atoms with Crippen molar-refractivity contribution in [2.24, 2.45) is 0 Å². The third kappa shape index (κ3) is 2.42. The quantitative estimate of drug-likeness (QED) is 0.828. The number of halogens is 1. The highest BCUT2D eigenvalue weighted by Crippen LogP contribution is 2.37. The Morgan fingerprint density at radius 1 is 1.26 bits per heavy atom. The van der Waals surface area contributed by atoms with Gasteiger partial charge in [0.05, 0.1) is 6.42 Å². The van der Waals surface area contributed by atoms with Crippen molar-refractivity contribution in [3.8, 4) is 0 Å². The Bertz CT molecular complexity index is 672. The normalized spacial score (nSPS) is 13.2. The lowest BCUT2D eigenvalue weighted by Gasteiger charge is -2.08. The van der Waals surface area contributed by atoms with Gasteiger partial charge in [-0.15, -0.1) is 0 Å². The van der Waals surface area contributed by atoms with E-state index in [1.807, 2.05) is 12.1 Å². The van der Waals surface area contributed by atoms with Crippen molar-refractivity contribution in [1.29, 1.82) is 0 Å². The van der Waals surface area contributed by atoms with E-state index in [1.54, 1.807) is 12.1 Å². The molecule has 3 N–H and O–H groups in total. The van der Waals surface area contributed by atoms with E-state index in [0.717, 1.165) is 21.0 Å². The van der Waals surface area contributed by atoms with Crippen molar-refractivity contribution in [2.75, 3.05) is 11.1 Å². The number of carbonyl (C=O) groups excluding carboxylic acids is 1. The second-order valence-electron chi connectivity index (χ2n) is 4.33. The monoisotopic (exact) mass is 274 g/mol. The molecular weight excluding hydrogens is 263 g/mol. The maximum absolute atomic E-state index is 13.1. The van der Waals surface area contributed by atoms with Gasteiger partial charge in [-0.2, -0.15) is 0 Å². The number of nitrogens with one attached hydrogen (secondary N) is 1. The molecule has 0 atom stereocenters. The summed E-state index contributed by atoms with van der Waals surface area (Å²) < 4.78 is 13.1. The smallest absolute Gasteiger partial charge is 0.228 e. The molecule has 3 nitrogen and oxygen atoms in total. The van der Waals surface area contributed by atoms with Crippen molar-refractivity contribution < 1.29 is 9.18 Å². The lowest BCUT2D eigenvalue weighted by molar-refractivity contribution is -0.115. The molecule has 0 fully saturated rings. The van der Waals surface area contributed by atoms with Gasteiger partial charge in [-0.3, -0.25) is 4.79 Å². The van der Waals surface area contributed by atoms with Crippen molar-refractivity contribution in [1.82, 2.24) is 0 Å². The number of rotatable bonds is 2. The molecule has 0 aliphatic carbocycles. The van der Waals surface area contributed by atoms with Crippen molar-refractivity contribution in [2.45, 2.75) is 16.2 Å². The summed E-state index contributed by atoms with van der Waals surface area (Å²) in [6.45, 7) is 0. The number of amides is 1. The fourth-order valence-corrected chi connectivity index (χ4v) is 2.95. The third-order valence-corrected chi connectivity index (χ3v) is 3.95. The van der Waals surface area contributed by atoms with Gasteiger partial charge < -0.3 is 11.1 Å². The SMILES string of the molecule is Nc1cc2c(cc1Sc1cccc(F)c1)NC(=O)C2. The Hall–Kier alpha value is -2.01. The lowest BCUT2D eigenvalue weighted by Crippen LogP contribution is -2.03. The summed E-state index contributed by atoms with van der Waals surface area (Å²) in [4.78, 5) is 12.9. The Morgan fingerprint density at radius 3 is 2.89 bits per heavy atom. The second kappa shape index (κ2) is 4.59. The van der Waals surface area contributed by atoms with Crippen LogP contribution < -0.4 is 11.1 Å². The highest BCUT2D eigenvalue weighted by Gasteiger charge is 2.19. The van der Waals surface area contributed by atoms with Crippen molar-refractivity contribution in [3.63, 3.8) is 0 Å². The summed E-state index contributed by atoms with van der Waals surface area (Å²) in [5.74, 6) is -0.305. The molecule has 19 heavy (non-hydrogen) atoms. The number of fused-ring (bicyclic) bond motifs is 1. The van der Waals surface area contributed by atoms with Crippen LogP contribution in [-0.4, -0.2) is 5.91 Å². The lowest BCUT2D eigenvalue weighted by atomic mass is 10.1. The van der Waals surface area contributed by atoms with Crippen LogP contribution in [0.2, 0.25) is 0 Å². The highest BCUT2D eigenvalue weighted by molar-refractivity contribution is 7.99. The highest BCUT2D eigenvalue weighted by atomic mass is 32.2. The molecule has 3 rings (SSSR count). The first-order chi connectivity index (χ1) is 9.11. The molecule has 2 aromatic carbocycles. The summed E-state index contributed by atoms with van der Waals surface area (Å²) in [5, 5.41) is 2.78. The topological polar surface area (TPSA) is 55.1 Å². The minimum Gasteiger partial charge on any atom is -0.398 e. The Morgan fingerprint density at radius 2 is 2.11 bits per heavy atom. The Kier molecular flexibility index (Phi) is 2.91. The predicted molar refractivity (Wildman–Crippen MR) is 73.7 cm³/mol. The number of hydrogen-bond acceptors (Lipinski definition) is 3. The minimum atomic E-state index is -0.280. The molecule has 0 saturated carbocycles. The summed E-state index contributed by atoms with van der Waals surface area (Å²) >= 11 is 1.38. The first-order valence-electron chi connectivity index (χ1n) is 5.77. The van der Waals surface area contributed by atoms with Gasteiger partial charge in [0, 0.05) is 21.2 Å². The summed E-state index contributed by atoms with van der Waals surface area (Å²) in [6, 6.07) is 9.97. The molecule has 96 valence electrons. The number of benzene rings is 2. The van der Waals surface area contributed by atoms with Gasteiger partial charge in [0.1, 0.15) is 5.82 Å². The first kappa shape index (κ1) is 12.0. The number of carbonyl (C=O) groups is 1. The first-order valence-corrected chi connectivity index (χ1v) is 6.59. The molecule has 1 amide bonds. The van der Waals surface area contributed by atoms with Gasteiger partial charge >= 0.3 is 0 Å². The molecule has 0 saturated heterocycles. The summed E-state index contributed by atoms with van der Waals surface area (Å²) in [6.07, 6.45) is 0.366. The number of anilines is 2. The summed E-state index contributed by atoms with van der Waals surface area (Å²) in [5.41, 5.74) is 8.27. The van der Waals surface area contributed by atoms with Gasteiger partial charge in [0.25, 0.3) is 0 Å². The maximum atomic E-state index is 13.1. The van der Waals surface area contributed by atoms with Crippen LogP contribution >= 0.6 is 11.8 Å². The van der Waals surface area contributed by atoms with E-state index < -0.39 is 0 Å². The van der Waals surface area contributed by atoms with Gasteiger partial charge in [-0.05, 0) is 35.9 Å². The van der Waals surface area contributed by atoms with E-state index in [2.05, 4.69) is 5.32 Å². The van der Waals surface area contributed by atoms with Gasteiger partial charge in [-0.25, -0.2) is 4.39 Å². The van der Waals surface area contributed by atoms with E-state index in [-0.39, 0.29) is 11.7 Å². The van der Waals surface area contributed by atoms with Gasteiger partial charge in [-0.1, -0.05) is 17.8 Å². The number of nitrogen functional groups attached to an aromatic ring is 1. The fourth-order valence-electron chi connectivity index (χ4n) is 2.02. The van der Waals surface area contributed by atoms with Crippen molar-refractivity contribution >= 4 is 29.0 Å². The second-order valence-corrected chi connectivity index (χ2v) is 5.45. The van der Waals surface area contributed by atoms with Crippen LogP contribution in [-0.2, 0) is 11.2 Å². The van der Waals surface area contributed by atoms with Crippen LogP contribution in [0.15, 0.2) is 46.2 Å². The number of hydrogen-bond donors (Lipinski definition) is 2. The standard InChI is InChI=1S/C14H11FN2OS/c15-9-2-1-3-10(6-9)19-13-7-12-8(4-11(13)16)5-14(18)17-12/h1-4,6-7H,5,16H2,(H,17,18). The maximum Gasteiger partial charge on any atom is 0.228 e. The van der Waals surface area contributed by atoms with Crippen LogP contribution in [0.25, 0.3) is 0 Å². The molecule has 0 bridgehead atoms. The van der Waals surface area contributed by atoms with Crippen LogP contribution in [0.5, 0.6) is 0 Å². The van der Waals surface area contributed by atoms with Crippen LogP contribution in [0.3, 0.4) is 0 Å². The Balaban J connectivity index is 1.94. The zero-order chi connectivity index (χ0) is 13.4. The number of nitrogens with two attached hydrogens (primary N) is 1. The Labute approximate surface area is 114 Å². The molecule has 0 spiro atoms. The van der Waals surface area contributed by atoms with Crippen LogP contribution in [0, 0.1) is 5.82 Å². The molecule has 1 aliphatic rings.